The smallest absolute Gasteiger partial charge is 0.224 e. The van der Waals surface area contributed by atoms with Gasteiger partial charge in [-0.05, 0) is 64.2 Å². The zero-order valence-electron chi connectivity index (χ0n) is 14.2. The van der Waals surface area contributed by atoms with Crippen LogP contribution in [0.5, 0.6) is 0 Å². The van der Waals surface area contributed by atoms with Crippen molar-refractivity contribution in [1.29, 1.82) is 0 Å². The van der Waals surface area contributed by atoms with Crippen LogP contribution < -0.4 is 5.32 Å². The van der Waals surface area contributed by atoms with Crippen LogP contribution >= 0.6 is 11.3 Å². The van der Waals surface area contributed by atoms with Gasteiger partial charge in [0.2, 0.25) is 5.91 Å². The van der Waals surface area contributed by atoms with Crippen LogP contribution in [0.1, 0.15) is 12.0 Å². The lowest BCUT2D eigenvalue weighted by Gasteiger charge is -2.07. The van der Waals surface area contributed by atoms with Gasteiger partial charge >= 0.3 is 0 Å². The molecule has 0 unspecified atom stereocenters. The number of aryl methyl sites for hydroxylation is 1. The van der Waals surface area contributed by atoms with Crippen LogP contribution in [-0.4, -0.2) is 10.9 Å². The number of thiophene rings is 1. The lowest BCUT2D eigenvalue weighted by atomic mass is 10.1. The molecule has 0 spiro atoms. The molecule has 1 amide bonds. The van der Waals surface area contributed by atoms with Crippen LogP contribution in [0.25, 0.3) is 21.2 Å². The molecule has 0 aliphatic rings. The summed E-state index contributed by atoms with van der Waals surface area (Å²) in [4.78, 5) is 16.3. The van der Waals surface area contributed by atoms with E-state index in [1.54, 1.807) is 23.7 Å². The van der Waals surface area contributed by atoms with Crippen molar-refractivity contribution in [3.8, 4) is 11.1 Å². The van der Waals surface area contributed by atoms with Crippen LogP contribution in [0.15, 0.2) is 78.4 Å². The fourth-order valence-corrected chi connectivity index (χ4v) is 3.99. The maximum absolute atomic E-state index is 12.3. The second-order valence-electron chi connectivity index (χ2n) is 6.12. The summed E-state index contributed by atoms with van der Waals surface area (Å²) in [5.74, 6) is 0.0388. The van der Waals surface area contributed by atoms with Gasteiger partial charge in [-0.15, -0.1) is 11.3 Å². The highest BCUT2D eigenvalue weighted by molar-refractivity contribution is 7.17. The molecule has 26 heavy (non-hydrogen) atoms. The summed E-state index contributed by atoms with van der Waals surface area (Å²) in [6, 6.07) is 20.2. The predicted octanol–water partition coefficient (Wildman–Crippen LogP) is 5.53. The van der Waals surface area contributed by atoms with Gasteiger partial charge in [0.25, 0.3) is 0 Å². The minimum absolute atomic E-state index is 0.0388. The molecule has 0 atom stereocenters. The van der Waals surface area contributed by atoms with Crippen LogP contribution in [-0.2, 0) is 11.2 Å². The Balaban J connectivity index is 1.37. The molecule has 1 N–H and O–H groups in total. The first-order valence-electron chi connectivity index (χ1n) is 8.55. The van der Waals surface area contributed by atoms with Crippen molar-refractivity contribution in [1.82, 2.24) is 4.98 Å². The predicted molar refractivity (Wildman–Crippen MR) is 108 cm³/mol. The zero-order valence-corrected chi connectivity index (χ0v) is 15.0. The lowest BCUT2D eigenvalue weighted by Crippen LogP contribution is -2.12. The molecular formula is C22H18N2OS. The number of rotatable bonds is 5. The minimum Gasteiger partial charge on any atom is -0.326 e. The number of carbonyl (C=O) groups excluding carboxylic acids is 1. The molecule has 2 aromatic heterocycles. The van der Waals surface area contributed by atoms with E-state index >= 15 is 0 Å². The number of fused-ring (bicyclic) bond motifs is 1. The number of nitrogens with zero attached hydrogens (tertiary/aromatic N) is 1. The first-order chi connectivity index (χ1) is 12.8. The molecule has 4 rings (SSSR count). The SMILES string of the molecule is O=C(CCc1csc2ccccc12)Nc1ccc(-c2ccncc2)cc1. The summed E-state index contributed by atoms with van der Waals surface area (Å²) in [6.45, 7) is 0. The summed E-state index contributed by atoms with van der Waals surface area (Å²) in [5, 5.41) is 6.39. The van der Waals surface area contributed by atoms with Crippen LogP contribution in [0, 0.1) is 0 Å². The number of hydrogen-bond acceptors (Lipinski definition) is 3. The molecule has 3 nitrogen and oxygen atoms in total. The highest BCUT2D eigenvalue weighted by atomic mass is 32.1. The number of amides is 1. The van der Waals surface area contributed by atoms with Gasteiger partial charge in [0, 0.05) is 29.2 Å². The standard InChI is InChI=1S/C22H18N2OS/c25-22(10-7-18-15-26-21-4-2-1-3-20(18)21)24-19-8-5-16(6-9-19)17-11-13-23-14-12-17/h1-6,8-9,11-15H,7,10H2,(H,24,25). The molecule has 0 bridgehead atoms. The third-order valence-corrected chi connectivity index (χ3v) is 5.38. The van der Waals surface area contributed by atoms with Crippen molar-refractivity contribution in [2.75, 3.05) is 5.32 Å². The second-order valence-corrected chi connectivity index (χ2v) is 7.03. The van der Waals surface area contributed by atoms with Gasteiger partial charge < -0.3 is 5.32 Å². The molecule has 0 aliphatic heterocycles. The number of nitrogens with one attached hydrogen (secondary N) is 1. The van der Waals surface area contributed by atoms with Crippen molar-refractivity contribution in [3.63, 3.8) is 0 Å². The molecule has 0 fully saturated rings. The molecule has 0 saturated heterocycles. The summed E-state index contributed by atoms with van der Waals surface area (Å²) >= 11 is 1.73. The van der Waals surface area contributed by atoms with E-state index in [0.717, 1.165) is 23.2 Å². The van der Waals surface area contributed by atoms with Gasteiger partial charge in [-0.3, -0.25) is 9.78 Å². The third kappa shape index (κ3) is 3.65. The van der Waals surface area contributed by atoms with E-state index < -0.39 is 0 Å². The summed E-state index contributed by atoms with van der Waals surface area (Å²) in [6.07, 6.45) is 4.79. The quantitative estimate of drug-likeness (QED) is 0.509. The maximum atomic E-state index is 12.3. The summed E-state index contributed by atoms with van der Waals surface area (Å²) < 4.78 is 1.27. The average molecular weight is 358 g/mol. The Morgan fingerprint density at radius 2 is 1.65 bits per heavy atom. The molecular weight excluding hydrogens is 340 g/mol. The lowest BCUT2D eigenvalue weighted by molar-refractivity contribution is -0.116. The largest absolute Gasteiger partial charge is 0.326 e. The van der Waals surface area contributed by atoms with Crippen molar-refractivity contribution >= 4 is 33.0 Å². The van der Waals surface area contributed by atoms with E-state index in [9.17, 15) is 4.79 Å². The second kappa shape index (κ2) is 7.50. The fourth-order valence-electron chi connectivity index (χ4n) is 2.99. The number of anilines is 1. The van der Waals surface area contributed by atoms with E-state index in [4.69, 9.17) is 0 Å². The van der Waals surface area contributed by atoms with Crippen LogP contribution in [0.4, 0.5) is 5.69 Å². The Morgan fingerprint density at radius 3 is 2.46 bits per heavy atom. The monoisotopic (exact) mass is 358 g/mol. The van der Waals surface area contributed by atoms with Crippen molar-refractivity contribution < 1.29 is 4.79 Å². The van der Waals surface area contributed by atoms with E-state index in [1.807, 2.05) is 48.5 Å². The van der Waals surface area contributed by atoms with Crippen molar-refractivity contribution in [2.24, 2.45) is 0 Å². The van der Waals surface area contributed by atoms with Gasteiger partial charge in [-0.2, -0.15) is 0 Å². The number of carbonyl (C=O) groups is 1. The van der Waals surface area contributed by atoms with Crippen molar-refractivity contribution in [3.05, 3.63) is 84.0 Å². The third-order valence-electron chi connectivity index (χ3n) is 4.36. The molecule has 2 heterocycles. The molecule has 0 saturated carbocycles. The van der Waals surface area contributed by atoms with E-state index in [0.29, 0.717) is 6.42 Å². The fraction of sp³-hybridized carbons (Fsp3) is 0.0909. The van der Waals surface area contributed by atoms with E-state index in [-0.39, 0.29) is 5.91 Å². The average Bonchev–Trinajstić information content (AvgIpc) is 3.11. The summed E-state index contributed by atoms with van der Waals surface area (Å²) in [7, 11) is 0. The molecule has 4 heteroatoms. The van der Waals surface area contributed by atoms with Gasteiger partial charge in [-0.1, -0.05) is 30.3 Å². The first kappa shape index (κ1) is 16.5. The zero-order chi connectivity index (χ0) is 17.8. The Hall–Kier alpha value is -2.98. The maximum Gasteiger partial charge on any atom is 0.224 e. The highest BCUT2D eigenvalue weighted by Crippen LogP contribution is 2.26. The molecule has 2 aromatic carbocycles. The first-order valence-corrected chi connectivity index (χ1v) is 9.43. The number of aromatic nitrogens is 1. The van der Waals surface area contributed by atoms with Gasteiger partial charge in [-0.25, -0.2) is 0 Å². The normalized spacial score (nSPS) is 10.8. The van der Waals surface area contributed by atoms with Gasteiger partial charge in [0.1, 0.15) is 0 Å². The molecule has 128 valence electrons. The van der Waals surface area contributed by atoms with E-state index in [1.165, 1.54) is 15.6 Å². The molecule has 4 aromatic rings. The molecule has 0 aliphatic carbocycles. The van der Waals surface area contributed by atoms with Crippen LogP contribution in [0.2, 0.25) is 0 Å². The Bertz CT molecular complexity index is 1020. The van der Waals surface area contributed by atoms with E-state index in [2.05, 4.69) is 27.8 Å². The van der Waals surface area contributed by atoms with Crippen molar-refractivity contribution in [2.45, 2.75) is 12.8 Å². The molecule has 0 radical (unpaired) electrons. The highest BCUT2D eigenvalue weighted by Gasteiger charge is 2.07. The summed E-state index contributed by atoms with van der Waals surface area (Å²) in [5.41, 5.74) is 4.29. The van der Waals surface area contributed by atoms with Gasteiger partial charge in [0.05, 0.1) is 0 Å². The Kier molecular flexibility index (Phi) is 4.75. The Morgan fingerprint density at radius 1 is 0.923 bits per heavy atom. The number of benzene rings is 2. The van der Waals surface area contributed by atoms with Gasteiger partial charge in [0.15, 0.2) is 0 Å². The topological polar surface area (TPSA) is 42.0 Å². The minimum atomic E-state index is 0.0388. The Labute approximate surface area is 156 Å². The van der Waals surface area contributed by atoms with Crippen LogP contribution in [0.3, 0.4) is 0 Å². The number of pyridine rings is 1. The number of hydrogen-bond donors (Lipinski definition) is 1.